The van der Waals surface area contributed by atoms with E-state index in [0.29, 0.717) is 12.2 Å². The molecule has 1 aromatic carbocycles. The first-order valence-corrected chi connectivity index (χ1v) is 10.1. The van der Waals surface area contributed by atoms with Gasteiger partial charge in [0.2, 0.25) is 0 Å². The van der Waals surface area contributed by atoms with Crippen molar-refractivity contribution in [1.29, 1.82) is 0 Å². The number of ether oxygens (including phenoxy) is 1. The number of carbonyl (C=O) groups excluding carboxylic acids is 1. The topological polar surface area (TPSA) is 26.3 Å². The Kier molecular flexibility index (Phi) is 8.24. The van der Waals surface area contributed by atoms with Gasteiger partial charge in [-0.1, -0.05) is 64.7 Å². The van der Waals surface area contributed by atoms with Crippen molar-refractivity contribution in [3.8, 4) is 5.75 Å². The van der Waals surface area contributed by atoms with E-state index in [1.54, 1.807) is 0 Å². The predicted octanol–water partition coefficient (Wildman–Crippen LogP) is 6.79. The first-order chi connectivity index (χ1) is 12.1. The van der Waals surface area contributed by atoms with Crippen LogP contribution in [0.25, 0.3) is 5.57 Å². The molecular weight excluding hydrogens is 308 g/mol. The van der Waals surface area contributed by atoms with Crippen LogP contribution in [-0.2, 0) is 4.79 Å². The summed E-state index contributed by atoms with van der Waals surface area (Å²) in [7, 11) is 0. The second kappa shape index (κ2) is 10.4. The van der Waals surface area contributed by atoms with E-state index < -0.39 is 0 Å². The van der Waals surface area contributed by atoms with Crippen molar-refractivity contribution in [2.24, 2.45) is 11.8 Å². The Bertz CT molecular complexity index is 556. The van der Waals surface area contributed by atoms with Crippen molar-refractivity contribution >= 4 is 11.5 Å². The molecule has 1 aromatic rings. The third-order valence-corrected chi connectivity index (χ3v) is 5.43. The van der Waals surface area contributed by atoms with E-state index in [9.17, 15) is 4.79 Å². The van der Waals surface area contributed by atoms with Crippen molar-refractivity contribution < 1.29 is 9.53 Å². The monoisotopic (exact) mass is 342 g/mol. The molecule has 2 unspecified atom stereocenters. The van der Waals surface area contributed by atoms with E-state index in [4.69, 9.17) is 4.74 Å². The van der Waals surface area contributed by atoms with Gasteiger partial charge in [-0.05, 0) is 60.8 Å². The predicted molar refractivity (Wildman–Crippen MR) is 106 cm³/mol. The molecule has 0 radical (unpaired) electrons. The Morgan fingerprint density at radius 2 is 1.92 bits per heavy atom. The molecular formula is C23H34O2. The second-order valence-electron chi connectivity index (χ2n) is 7.49. The third kappa shape index (κ3) is 6.34. The summed E-state index contributed by atoms with van der Waals surface area (Å²) in [6.45, 7) is 6.69. The van der Waals surface area contributed by atoms with E-state index in [1.165, 1.54) is 49.7 Å². The van der Waals surface area contributed by atoms with Gasteiger partial charge in [-0.3, -0.25) is 4.79 Å². The van der Waals surface area contributed by atoms with Crippen LogP contribution in [0.15, 0.2) is 30.3 Å². The zero-order valence-corrected chi connectivity index (χ0v) is 16.2. The maximum absolute atomic E-state index is 11.6. The van der Waals surface area contributed by atoms with Crippen molar-refractivity contribution in [2.75, 3.05) is 0 Å². The molecule has 25 heavy (non-hydrogen) atoms. The van der Waals surface area contributed by atoms with Crippen molar-refractivity contribution in [3.05, 3.63) is 35.9 Å². The lowest BCUT2D eigenvalue weighted by Crippen LogP contribution is -2.14. The summed E-state index contributed by atoms with van der Waals surface area (Å²) in [6, 6.07) is 8.02. The van der Waals surface area contributed by atoms with Crippen LogP contribution in [0.3, 0.4) is 0 Å². The Morgan fingerprint density at radius 3 is 2.52 bits per heavy atom. The van der Waals surface area contributed by atoms with Gasteiger partial charge in [0.15, 0.2) is 0 Å². The molecule has 0 heterocycles. The van der Waals surface area contributed by atoms with Crippen LogP contribution in [-0.4, -0.2) is 5.97 Å². The maximum Gasteiger partial charge on any atom is 0.311 e. The van der Waals surface area contributed by atoms with Gasteiger partial charge in [0.1, 0.15) is 5.75 Å². The molecule has 0 saturated heterocycles. The van der Waals surface area contributed by atoms with Crippen molar-refractivity contribution in [2.45, 2.75) is 78.6 Å². The lowest BCUT2D eigenvalue weighted by molar-refractivity contribution is -0.134. The normalized spacial score (nSPS) is 18.5. The number of hydrogen-bond donors (Lipinski definition) is 0. The zero-order valence-electron chi connectivity index (χ0n) is 16.2. The molecule has 2 rings (SSSR count). The molecule has 2 heteroatoms. The fourth-order valence-corrected chi connectivity index (χ4v) is 3.71. The van der Waals surface area contributed by atoms with Crippen molar-refractivity contribution in [1.82, 2.24) is 0 Å². The highest BCUT2D eigenvalue weighted by Gasteiger charge is 2.20. The summed E-state index contributed by atoms with van der Waals surface area (Å²) in [5, 5.41) is 0. The van der Waals surface area contributed by atoms with Crippen molar-refractivity contribution in [3.63, 3.8) is 0 Å². The van der Waals surface area contributed by atoms with Gasteiger partial charge < -0.3 is 4.74 Å². The Hall–Kier alpha value is -1.57. The molecule has 0 spiro atoms. The number of esters is 1. The fraction of sp³-hybridized carbons (Fsp3) is 0.609. The average molecular weight is 343 g/mol. The lowest BCUT2D eigenvalue weighted by Gasteiger charge is -2.27. The molecule has 0 saturated carbocycles. The van der Waals surface area contributed by atoms with E-state index in [-0.39, 0.29) is 5.97 Å². The maximum atomic E-state index is 11.6. The summed E-state index contributed by atoms with van der Waals surface area (Å²) in [4.78, 5) is 11.6. The minimum Gasteiger partial charge on any atom is -0.427 e. The van der Waals surface area contributed by atoms with Crippen LogP contribution in [0.5, 0.6) is 5.75 Å². The SMILES string of the molecule is CCCCCC(C)C1CC=C(c2ccc(OC(=O)CCC)cc2)CC1. The van der Waals surface area contributed by atoms with Gasteiger partial charge in [-0.2, -0.15) is 0 Å². The van der Waals surface area contributed by atoms with Gasteiger partial charge in [-0.25, -0.2) is 0 Å². The van der Waals surface area contributed by atoms with Crippen LogP contribution < -0.4 is 4.74 Å². The van der Waals surface area contributed by atoms with Crippen LogP contribution in [0, 0.1) is 11.8 Å². The summed E-state index contributed by atoms with van der Waals surface area (Å²) >= 11 is 0. The molecule has 0 aromatic heterocycles. The smallest absolute Gasteiger partial charge is 0.311 e. The van der Waals surface area contributed by atoms with Crippen LogP contribution in [0.1, 0.15) is 84.1 Å². The largest absolute Gasteiger partial charge is 0.427 e. The van der Waals surface area contributed by atoms with E-state index in [1.807, 2.05) is 19.1 Å². The minimum atomic E-state index is -0.146. The average Bonchev–Trinajstić information content (AvgIpc) is 2.63. The molecule has 2 nitrogen and oxygen atoms in total. The molecule has 2 atom stereocenters. The number of hydrogen-bond acceptors (Lipinski definition) is 2. The first kappa shape index (κ1) is 19.8. The molecule has 0 amide bonds. The van der Waals surface area contributed by atoms with Gasteiger partial charge in [-0.15, -0.1) is 0 Å². The minimum absolute atomic E-state index is 0.146. The van der Waals surface area contributed by atoms with Gasteiger partial charge in [0.25, 0.3) is 0 Å². The van der Waals surface area contributed by atoms with Crippen LogP contribution >= 0.6 is 0 Å². The van der Waals surface area contributed by atoms with Crippen LogP contribution in [0.4, 0.5) is 0 Å². The Morgan fingerprint density at radius 1 is 1.16 bits per heavy atom. The van der Waals surface area contributed by atoms with E-state index in [2.05, 4.69) is 32.1 Å². The second-order valence-corrected chi connectivity index (χ2v) is 7.49. The Balaban J connectivity index is 1.87. The van der Waals surface area contributed by atoms with Gasteiger partial charge >= 0.3 is 5.97 Å². The van der Waals surface area contributed by atoms with E-state index >= 15 is 0 Å². The zero-order chi connectivity index (χ0) is 18.1. The highest BCUT2D eigenvalue weighted by atomic mass is 16.5. The molecule has 0 aliphatic heterocycles. The highest BCUT2D eigenvalue weighted by molar-refractivity contribution is 5.73. The highest BCUT2D eigenvalue weighted by Crippen LogP contribution is 2.36. The molecule has 138 valence electrons. The third-order valence-electron chi connectivity index (χ3n) is 5.43. The fourth-order valence-electron chi connectivity index (χ4n) is 3.71. The van der Waals surface area contributed by atoms with Gasteiger partial charge in [0.05, 0.1) is 0 Å². The summed E-state index contributed by atoms with van der Waals surface area (Å²) in [5.74, 6) is 2.19. The van der Waals surface area contributed by atoms with Crippen LogP contribution in [0.2, 0.25) is 0 Å². The lowest BCUT2D eigenvalue weighted by atomic mass is 9.78. The number of carbonyl (C=O) groups is 1. The number of unbranched alkanes of at least 4 members (excludes halogenated alkanes) is 2. The number of rotatable bonds is 9. The molecule has 0 N–H and O–H groups in total. The summed E-state index contributed by atoms with van der Waals surface area (Å²) < 4.78 is 5.33. The first-order valence-electron chi connectivity index (χ1n) is 10.1. The number of allylic oxidation sites excluding steroid dienone is 2. The van der Waals surface area contributed by atoms with E-state index in [0.717, 1.165) is 24.7 Å². The molecule has 0 bridgehead atoms. The summed E-state index contributed by atoms with van der Waals surface area (Å²) in [5.41, 5.74) is 2.72. The molecule has 0 fully saturated rings. The molecule has 1 aliphatic rings. The quantitative estimate of drug-likeness (QED) is 0.280. The Labute approximate surface area is 153 Å². The number of benzene rings is 1. The standard InChI is InChI=1S/C23H34O2/c1-4-6-7-9-18(3)19-10-12-20(13-11-19)21-14-16-22(17-15-21)25-23(24)8-5-2/h12,14-19H,4-11,13H2,1-3H3. The van der Waals surface area contributed by atoms with Gasteiger partial charge in [0, 0.05) is 6.42 Å². The summed E-state index contributed by atoms with van der Waals surface area (Å²) in [6.07, 6.45) is 12.8. The molecule has 1 aliphatic carbocycles.